The zero-order valence-corrected chi connectivity index (χ0v) is 54.2. The number of hydrogen-bond acceptors (Lipinski definition) is 5. The van der Waals surface area contributed by atoms with E-state index in [0.717, 1.165) is 47.3 Å². The first-order valence-electron chi connectivity index (χ1n) is 34.3. The molecule has 9 aromatic carbocycles. The molecule has 0 amide bonds. The van der Waals surface area contributed by atoms with Crippen LogP contribution in [0.15, 0.2) is 186 Å². The highest BCUT2D eigenvalue weighted by Gasteiger charge is 2.62. The van der Waals surface area contributed by atoms with Crippen LogP contribution in [0.1, 0.15) is 165 Å². The number of thiophene rings is 1. The Morgan fingerprint density at radius 1 is 0.533 bits per heavy atom. The van der Waals surface area contributed by atoms with Crippen molar-refractivity contribution < 1.29 is 4.42 Å². The summed E-state index contributed by atoms with van der Waals surface area (Å²) in [4.78, 5) is 7.97. The minimum Gasteiger partial charge on any atom is -0.468 e. The summed E-state index contributed by atoms with van der Waals surface area (Å²) in [5.74, 6) is 3.63. The summed E-state index contributed by atoms with van der Waals surface area (Å²) in [6.45, 7) is 16.9. The summed E-state index contributed by atoms with van der Waals surface area (Å²) in [7, 11) is 0. The van der Waals surface area contributed by atoms with Crippen molar-refractivity contribution in [3.8, 4) is 11.1 Å². The summed E-state index contributed by atoms with van der Waals surface area (Å²) in [6.07, 6.45) is 15.7. The van der Waals surface area contributed by atoms with E-state index in [2.05, 4.69) is 245 Å². The maximum absolute atomic E-state index is 7.88. The van der Waals surface area contributed by atoms with Crippen LogP contribution in [0.4, 0.5) is 51.2 Å². The summed E-state index contributed by atoms with van der Waals surface area (Å²) in [5.41, 5.74) is 27.1. The molecular formula is C84H80BN3OS. The van der Waals surface area contributed by atoms with Crippen molar-refractivity contribution in [2.24, 2.45) is 23.7 Å². The lowest BCUT2D eigenvalue weighted by molar-refractivity contribution is -0.0399. The predicted molar refractivity (Wildman–Crippen MR) is 381 cm³/mol. The van der Waals surface area contributed by atoms with E-state index in [1.807, 2.05) is 11.3 Å². The van der Waals surface area contributed by atoms with Crippen molar-refractivity contribution in [1.82, 2.24) is 0 Å². The average molecular weight is 1190 g/mol. The number of anilines is 9. The molecule has 0 unspecified atom stereocenters. The number of fused-ring (bicyclic) bond motifs is 13. The monoisotopic (exact) mass is 1190 g/mol. The van der Waals surface area contributed by atoms with Crippen LogP contribution in [0.3, 0.4) is 0 Å². The van der Waals surface area contributed by atoms with E-state index in [1.165, 1.54) is 174 Å². The van der Waals surface area contributed by atoms with Crippen molar-refractivity contribution >= 4 is 117 Å². The first kappa shape index (κ1) is 54.0. The number of nitrogens with zero attached hydrogens (tertiary/aromatic N) is 3. The number of hydrogen-bond donors (Lipinski definition) is 0. The van der Waals surface area contributed by atoms with Gasteiger partial charge in [0.1, 0.15) is 5.58 Å². The van der Waals surface area contributed by atoms with E-state index in [0.29, 0.717) is 17.8 Å². The van der Waals surface area contributed by atoms with Gasteiger partial charge in [-0.15, -0.1) is 11.3 Å². The van der Waals surface area contributed by atoms with Crippen LogP contribution in [-0.2, 0) is 21.7 Å². The predicted octanol–water partition coefficient (Wildman–Crippen LogP) is 21.8. The molecule has 7 aliphatic carbocycles. The van der Waals surface area contributed by atoms with Crippen LogP contribution in [0.25, 0.3) is 42.3 Å². The van der Waals surface area contributed by atoms with Crippen molar-refractivity contribution in [3.63, 3.8) is 0 Å². The molecule has 4 heterocycles. The molecule has 1 spiro atoms. The first-order chi connectivity index (χ1) is 43.7. The van der Waals surface area contributed by atoms with Crippen LogP contribution in [0.5, 0.6) is 0 Å². The Morgan fingerprint density at radius 2 is 1.20 bits per heavy atom. The standard InChI is InChI=1S/C84H80BN3OS/c1-81(2,3)54-44-73-77-74(45-54)88(58-31-29-53(30-32-58)52-19-10-8-11-20-52)78-65-48-68-69(83(6,7)38-37-82(68,4)5)49-75(65)89-80(78)85(77)70-36-34-60(86(57-21-12-9-13-22-57)71-27-18-25-64-63-24-15-17-28-76(63)90-79(64)71)47-72(70)87(73)59-33-35-62-61-23-14-16-26-66(61)84(67(62)46-59)55-40-50-39-51(42-55)43-56(84)41-50/h9,12-18,21-36,44-52,55-56H,8,10-11,19-20,37-43H2,1-7H3. The summed E-state index contributed by atoms with van der Waals surface area (Å²) in [6, 6.07) is 72.2. The summed E-state index contributed by atoms with van der Waals surface area (Å²) in [5, 5.41) is 3.82. The maximum atomic E-state index is 7.88. The Hall–Kier alpha value is -7.80. The van der Waals surface area contributed by atoms with Gasteiger partial charge in [0.05, 0.1) is 21.7 Å². The van der Waals surface area contributed by atoms with E-state index < -0.39 is 0 Å². The molecule has 90 heavy (non-hydrogen) atoms. The second-order valence-electron chi connectivity index (χ2n) is 31.3. The molecule has 0 saturated heterocycles. The zero-order chi connectivity index (χ0) is 60.3. The largest absolute Gasteiger partial charge is 0.468 e. The lowest BCUT2D eigenvalue weighted by Gasteiger charge is -2.61. The second kappa shape index (κ2) is 19.1. The molecule has 2 aromatic heterocycles. The van der Waals surface area contributed by atoms with Crippen molar-refractivity contribution in [2.45, 2.75) is 153 Å². The van der Waals surface area contributed by atoms with Gasteiger partial charge in [0.15, 0.2) is 0 Å². The number of para-hydroxylation sites is 1. The van der Waals surface area contributed by atoms with E-state index >= 15 is 0 Å². The summed E-state index contributed by atoms with van der Waals surface area (Å²) < 4.78 is 10.5. The van der Waals surface area contributed by atoms with Gasteiger partial charge in [-0.1, -0.05) is 165 Å². The van der Waals surface area contributed by atoms with E-state index in [9.17, 15) is 0 Å². The third-order valence-corrected chi connectivity index (χ3v) is 25.6. The Bertz CT molecular complexity index is 4770. The minimum absolute atomic E-state index is 0.00411. The molecule has 4 nitrogen and oxygen atoms in total. The third-order valence-electron chi connectivity index (χ3n) is 24.4. The van der Waals surface area contributed by atoms with Crippen LogP contribution < -0.4 is 31.3 Å². The van der Waals surface area contributed by atoms with Gasteiger partial charge in [-0.25, -0.2) is 0 Å². The lowest BCUT2D eigenvalue weighted by Crippen LogP contribution is -2.61. The SMILES string of the molecule is CC(C)(C)c1cc2c3c(c1)N(c1ccc(C4CCCCC4)cc1)c1c(oc4cc5c(cc14)C(C)(C)CCC5(C)C)B3c1ccc(N(c3ccccc3)c3cccc4c3sc3ccccc34)cc1N2c1ccc2c(c1)C1(c3ccccc3-2)C2CC3CC(C2)CC1C3. The van der Waals surface area contributed by atoms with E-state index in [4.69, 9.17) is 4.42 Å². The van der Waals surface area contributed by atoms with Crippen LogP contribution in [-0.4, -0.2) is 6.71 Å². The van der Waals surface area contributed by atoms with Crippen molar-refractivity contribution in [1.29, 1.82) is 0 Å². The highest BCUT2D eigenvalue weighted by atomic mass is 32.1. The van der Waals surface area contributed by atoms with Gasteiger partial charge in [0, 0.05) is 66.1 Å². The third kappa shape index (κ3) is 7.61. The number of benzene rings is 9. The molecule has 11 aromatic rings. The average Bonchev–Trinajstić information content (AvgIpc) is 1.28. The van der Waals surface area contributed by atoms with Crippen molar-refractivity contribution in [3.05, 3.63) is 215 Å². The van der Waals surface area contributed by atoms with Crippen LogP contribution in [0.2, 0.25) is 0 Å². The second-order valence-corrected chi connectivity index (χ2v) is 32.4. The van der Waals surface area contributed by atoms with Crippen LogP contribution >= 0.6 is 11.3 Å². The molecule has 0 N–H and O–H groups in total. The Kier molecular flexibility index (Phi) is 11.5. The van der Waals surface area contributed by atoms with Gasteiger partial charge in [-0.05, 0) is 244 Å². The fourth-order valence-electron chi connectivity index (χ4n) is 20.2. The van der Waals surface area contributed by atoms with Gasteiger partial charge in [-0.3, -0.25) is 0 Å². The van der Waals surface area contributed by atoms with Gasteiger partial charge in [0.2, 0.25) is 0 Å². The highest BCUT2D eigenvalue weighted by Crippen LogP contribution is 2.70. The van der Waals surface area contributed by atoms with Gasteiger partial charge in [-0.2, -0.15) is 0 Å². The van der Waals surface area contributed by atoms with Gasteiger partial charge in [0.25, 0.3) is 6.71 Å². The fraction of sp³-hybridized carbons (Fsp3) is 0.333. The first-order valence-corrected chi connectivity index (χ1v) is 35.1. The van der Waals surface area contributed by atoms with Gasteiger partial charge < -0.3 is 19.1 Å². The molecule has 0 atom stereocenters. The lowest BCUT2D eigenvalue weighted by atomic mass is 9.35. The quantitative estimate of drug-likeness (QED) is 0.155. The minimum atomic E-state index is -0.201. The molecule has 6 heteroatoms. The Labute approximate surface area is 536 Å². The van der Waals surface area contributed by atoms with Crippen molar-refractivity contribution in [2.75, 3.05) is 14.7 Å². The molecule has 5 saturated carbocycles. The number of rotatable bonds is 6. The maximum Gasteiger partial charge on any atom is 0.297 e. The van der Waals surface area contributed by atoms with E-state index in [-0.39, 0.29) is 28.4 Å². The molecule has 4 bridgehead atoms. The smallest absolute Gasteiger partial charge is 0.297 e. The molecule has 9 aliphatic rings. The van der Waals surface area contributed by atoms with Crippen LogP contribution in [0, 0.1) is 23.7 Å². The zero-order valence-electron chi connectivity index (χ0n) is 53.4. The Balaban J connectivity index is 0.906. The molecule has 446 valence electrons. The molecule has 20 rings (SSSR count). The Morgan fingerprint density at radius 3 is 1.96 bits per heavy atom. The molecular weight excluding hydrogens is 1110 g/mol. The molecule has 2 aliphatic heterocycles. The van der Waals surface area contributed by atoms with E-state index in [1.54, 1.807) is 11.1 Å². The summed E-state index contributed by atoms with van der Waals surface area (Å²) >= 11 is 1.91. The highest BCUT2D eigenvalue weighted by molar-refractivity contribution is 7.26. The fourth-order valence-corrected chi connectivity index (χ4v) is 21.4. The normalized spacial score (nSPS) is 23.1. The van der Waals surface area contributed by atoms with Gasteiger partial charge >= 0.3 is 0 Å². The molecule has 0 radical (unpaired) electrons. The topological polar surface area (TPSA) is 22.9 Å². The number of furan rings is 1. The molecule has 5 fully saturated rings.